The number of carbonyl (C=O) groups is 2. The molecule has 1 N–H and O–H groups in total. The minimum absolute atomic E-state index is 0.0794. The van der Waals surface area contributed by atoms with Crippen molar-refractivity contribution in [3.05, 3.63) is 34.8 Å². The first-order valence-corrected chi connectivity index (χ1v) is 13.5. The maximum atomic E-state index is 12.9. The molecule has 9 nitrogen and oxygen atoms in total. The number of carboxylic acid groups (broad SMARTS) is 1. The molecule has 1 saturated heterocycles. The van der Waals surface area contributed by atoms with Crippen LogP contribution in [0.15, 0.2) is 23.6 Å². The van der Waals surface area contributed by atoms with Gasteiger partial charge in [-0.2, -0.15) is 0 Å². The number of aryl methyl sites for hydroxylation is 1. The Kier molecular flexibility index (Phi) is 7.56. The first-order chi connectivity index (χ1) is 17.8. The monoisotopic (exact) mass is 541 g/mol. The number of carbonyl (C=O) groups excluding carboxylic acids is 1. The number of nitrogens with zero attached hydrogens (tertiary/aromatic N) is 3. The number of ether oxygens (including phenoxy) is 3. The summed E-state index contributed by atoms with van der Waals surface area (Å²) < 4.78 is 17.5. The van der Waals surface area contributed by atoms with Gasteiger partial charge in [0.15, 0.2) is 0 Å². The number of benzene rings is 1. The van der Waals surface area contributed by atoms with E-state index >= 15 is 0 Å². The zero-order chi connectivity index (χ0) is 27.9. The fraction of sp³-hybridized carbons (Fsp3) is 0.500. The van der Waals surface area contributed by atoms with Crippen LogP contribution in [0.3, 0.4) is 0 Å². The van der Waals surface area contributed by atoms with Crippen molar-refractivity contribution in [3.63, 3.8) is 0 Å². The molecule has 4 rings (SSSR count). The summed E-state index contributed by atoms with van der Waals surface area (Å²) in [4.78, 5) is 36.0. The number of likely N-dealkylation sites (tertiary alicyclic amines) is 1. The van der Waals surface area contributed by atoms with Crippen molar-refractivity contribution >= 4 is 34.3 Å². The lowest BCUT2D eigenvalue weighted by atomic mass is 10.0. The Hall–Kier alpha value is -3.40. The molecule has 0 radical (unpaired) electrons. The lowest BCUT2D eigenvalue weighted by Crippen LogP contribution is -2.45. The van der Waals surface area contributed by atoms with Crippen LogP contribution < -0.4 is 9.47 Å². The number of rotatable bonds is 6. The summed E-state index contributed by atoms with van der Waals surface area (Å²) in [5.74, 6) is -0.0580. The van der Waals surface area contributed by atoms with Crippen LogP contribution in [0.2, 0.25) is 0 Å². The first-order valence-electron chi connectivity index (χ1n) is 12.6. The largest absolute Gasteiger partial charge is 0.496 e. The molecule has 1 aliphatic rings. The Morgan fingerprint density at radius 1 is 1.18 bits per heavy atom. The fourth-order valence-corrected chi connectivity index (χ4v) is 5.55. The van der Waals surface area contributed by atoms with E-state index in [4.69, 9.17) is 24.2 Å². The van der Waals surface area contributed by atoms with Gasteiger partial charge >= 0.3 is 12.1 Å². The number of thiazole rings is 1. The van der Waals surface area contributed by atoms with E-state index in [-0.39, 0.29) is 12.5 Å². The second kappa shape index (κ2) is 10.4. The van der Waals surface area contributed by atoms with Crippen LogP contribution >= 0.6 is 11.3 Å². The predicted molar refractivity (Wildman–Crippen MR) is 146 cm³/mol. The predicted octanol–water partition coefficient (Wildman–Crippen LogP) is 5.89. The Morgan fingerprint density at radius 3 is 2.47 bits per heavy atom. The van der Waals surface area contributed by atoms with Crippen LogP contribution in [0.25, 0.3) is 21.6 Å². The van der Waals surface area contributed by atoms with Gasteiger partial charge in [-0.1, -0.05) is 20.8 Å². The van der Waals surface area contributed by atoms with Gasteiger partial charge < -0.3 is 19.3 Å². The number of methoxy groups -OCH3 is 1. The van der Waals surface area contributed by atoms with Crippen molar-refractivity contribution in [2.24, 2.45) is 5.92 Å². The van der Waals surface area contributed by atoms with Gasteiger partial charge in [-0.25, -0.2) is 19.6 Å². The molecule has 0 saturated carbocycles. The topological polar surface area (TPSA) is 111 Å². The Bertz CT molecular complexity index is 1360. The van der Waals surface area contributed by atoms with Crippen molar-refractivity contribution in [1.82, 2.24) is 14.9 Å². The highest BCUT2D eigenvalue weighted by molar-refractivity contribution is 7.13. The van der Waals surface area contributed by atoms with Gasteiger partial charge in [-0.15, -0.1) is 11.3 Å². The van der Waals surface area contributed by atoms with Crippen LogP contribution in [0.4, 0.5) is 4.79 Å². The molecular formula is C28H35N3O6S. The van der Waals surface area contributed by atoms with Gasteiger partial charge in [0.1, 0.15) is 39.9 Å². The van der Waals surface area contributed by atoms with E-state index in [0.29, 0.717) is 22.7 Å². The summed E-state index contributed by atoms with van der Waals surface area (Å²) >= 11 is 1.51. The van der Waals surface area contributed by atoms with Crippen molar-refractivity contribution in [2.75, 3.05) is 13.7 Å². The van der Waals surface area contributed by atoms with E-state index in [1.807, 2.05) is 30.5 Å². The van der Waals surface area contributed by atoms with Crippen molar-refractivity contribution < 1.29 is 28.9 Å². The second-order valence-corrected chi connectivity index (χ2v) is 11.8. The van der Waals surface area contributed by atoms with Crippen LogP contribution in [-0.4, -0.2) is 63.4 Å². The van der Waals surface area contributed by atoms with Gasteiger partial charge in [0.05, 0.1) is 24.9 Å². The van der Waals surface area contributed by atoms with Crippen LogP contribution in [0.1, 0.15) is 58.7 Å². The summed E-state index contributed by atoms with van der Waals surface area (Å²) in [6.45, 7) is 13.2. The highest BCUT2D eigenvalue weighted by Crippen LogP contribution is 2.38. The second-order valence-electron chi connectivity index (χ2n) is 11.0. The maximum Gasteiger partial charge on any atom is 0.411 e. The molecule has 1 aliphatic heterocycles. The van der Waals surface area contributed by atoms with E-state index in [2.05, 4.69) is 13.8 Å². The number of carboxylic acids is 1. The fourth-order valence-electron chi connectivity index (χ4n) is 4.61. The standard InChI is InChI=1S/C28H35N3O6S/c1-14(2)19-13-38-25(30-19)18-11-21(17-9-10-20(35-8)15(3)23(17)29-18)36-22-12-31(24(16(22)4)26(32)33)27(34)37-28(5,6)7/h9-11,13-14,16,22,24H,12H2,1-8H3,(H,32,33)/t16-,22+,24+/m1/s1. The van der Waals surface area contributed by atoms with E-state index in [9.17, 15) is 14.7 Å². The summed E-state index contributed by atoms with van der Waals surface area (Å²) in [7, 11) is 1.61. The number of hydrogen-bond donors (Lipinski definition) is 1. The molecule has 1 amide bonds. The molecule has 204 valence electrons. The number of fused-ring (bicyclic) bond motifs is 1. The Balaban J connectivity index is 1.77. The molecule has 10 heteroatoms. The highest BCUT2D eigenvalue weighted by atomic mass is 32.1. The Labute approximate surface area is 226 Å². The van der Waals surface area contributed by atoms with Gasteiger partial charge in [0, 0.05) is 28.3 Å². The first kappa shape index (κ1) is 27.6. The average molecular weight is 542 g/mol. The van der Waals surface area contributed by atoms with Crippen LogP contribution in [0.5, 0.6) is 11.5 Å². The van der Waals surface area contributed by atoms with E-state index in [0.717, 1.165) is 21.7 Å². The third-order valence-electron chi connectivity index (χ3n) is 6.66. The number of aliphatic carboxylic acids is 1. The number of hydrogen-bond acceptors (Lipinski definition) is 8. The molecule has 0 spiro atoms. The molecule has 38 heavy (non-hydrogen) atoms. The zero-order valence-electron chi connectivity index (χ0n) is 23.1. The Morgan fingerprint density at radius 2 is 1.89 bits per heavy atom. The van der Waals surface area contributed by atoms with Crippen molar-refractivity contribution in [1.29, 1.82) is 0 Å². The lowest BCUT2D eigenvalue weighted by molar-refractivity contribution is -0.143. The molecule has 0 aliphatic carbocycles. The molecule has 1 fully saturated rings. The molecule has 3 heterocycles. The number of aromatic nitrogens is 2. The SMILES string of the molecule is COc1ccc2c(O[C@H]3CN(C(=O)OC(C)(C)C)[C@H](C(=O)O)[C@@H]3C)cc(-c3nc(C(C)C)cs3)nc2c1C. The smallest absolute Gasteiger partial charge is 0.411 e. The molecule has 2 aromatic heterocycles. The number of pyridine rings is 1. The van der Waals surface area contributed by atoms with Crippen molar-refractivity contribution in [2.45, 2.75) is 72.1 Å². The zero-order valence-corrected chi connectivity index (χ0v) is 23.9. The van der Waals surface area contributed by atoms with E-state index in [1.165, 1.54) is 16.2 Å². The molecule has 3 aromatic rings. The van der Waals surface area contributed by atoms with Gasteiger partial charge in [-0.05, 0) is 45.7 Å². The normalized spacial score (nSPS) is 19.7. The van der Waals surface area contributed by atoms with E-state index in [1.54, 1.807) is 34.8 Å². The maximum absolute atomic E-state index is 12.9. The third kappa shape index (κ3) is 5.41. The van der Waals surface area contributed by atoms with Gasteiger partial charge in [0.25, 0.3) is 0 Å². The summed E-state index contributed by atoms with van der Waals surface area (Å²) in [5.41, 5.74) is 2.46. The average Bonchev–Trinajstić information content (AvgIpc) is 3.44. The molecule has 3 atom stereocenters. The third-order valence-corrected chi connectivity index (χ3v) is 7.54. The van der Waals surface area contributed by atoms with Gasteiger partial charge in [0.2, 0.25) is 0 Å². The van der Waals surface area contributed by atoms with Crippen molar-refractivity contribution in [3.8, 4) is 22.2 Å². The number of amides is 1. The molecule has 0 unspecified atom stereocenters. The molecule has 0 bridgehead atoms. The van der Waals surface area contributed by atoms with Crippen LogP contribution in [-0.2, 0) is 9.53 Å². The minimum Gasteiger partial charge on any atom is -0.496 e. The molecule has 1 aromatic carbocycles. The highest BCUT2D eigenvalue weighted by Gasteiger charge is 2.48. The van der Waals surface area contributed by atoms with E-state index < -0.39 is 35.7 Å². The van der Waals surface area contributed by atoms with Crippen LogP contribution in [0, 0.1) is 12.8 Å². The molecular weight excluding hydrogens is 506 g/mol. The summed E-state index contributed by atoms with van der Waals surface area (Å²) in [6, 6.07) is 4.51. The van der Waals surface area contributed by atoms with Gasteiger partial charge in [-0.3, -0.25) is 4.90 Å². The minimum atomic E-state index is -1.10. The summed E-state index contributed by atoms with van der Waals surface area (Å²) in [6.07, 6.45) is -1.25. The quantitative estimate of drug-likeness (QED) is 0.411. The lowest BCUT2D eigenvalue weighted by Gasteiger charge is -2.27. The summed E-state index contributed by atoms with van der Waals surface area (Å²) in [5, 5.41) is 13.5.